The summed E-state index contributed by atoms with van der Waals surface area (Å²) >= 11 is 1.60. The number of rotatable bonds is 2. The van der Waals surface area contributed by atoms with Gasteiger partial charge in [-0.1, -0.05) is 0 Å². The number of hydrogen-bond donors (Lipinski definition) is 2. The number of hydrogen-bond acceptors (Lipinski definition) is 4. The number of thiophene rings is 1. The molecule has 0 spiro atoms. The van der Waals surface area contributed by atoms with Gasteiger partial charge in [0.25, 0.3) is 0 Å². The van der Waals surface area contributed by atoms with E-state index < -0.39 is 6.10 Å². The Labute approximate surface area is 74.8 Å². The third-order valence-electron chi connectivity index (χ3n) is 1.93. The first-order valence-corrected chi connectivity index (χ1v) is 4.76. The molecule has 0 amide bonds. The van der Waals surface area contributed by atoms with E-state index in [0.717, 1.165) is 23.7 Å². The molecule has 0 aliphatic carbocycles. The Morgan fingerprint density at radius 2 is 2.58 bits per heavy atom. The zero-order valence-corrected chi connectivity index (χ0v) is 7.43. The molecule has 1 atom stereocenters. The van der Waals surface area contributed by atoms with E-state index in [4.69, 9.17) is 10.5 Å². The van der Waals surface area contributed by atoms with Crippen molar-refractivity contribution in [2.45, 2.75) is 12.5 Å². The van der Waals surface area contributed by atoms with Crippen LogP contribution in [0.25, 0.3) is 0 Å². The quantitative estimate of drug-likeness (QED) is 0.712. The van der Waals surface area contributed by atoms with Gasteiger partial charge >= 0.3 is 0 Å². The van der Waals surface area contributed by atoms with Gasteiger partial charge in [-0.05, 0) is 6.07 Å². The molecule has 0 fully saturated rings. The molecule has 1 unspecified atom stereocenters. The predicted octanol–water partition coefficient (Wildman–Crippen LogP) is 0.675. The van der Waals surface area contributed by atoms with Gasteiger partial charge in [-0.3, -0.25) is 0 Å². The molecule has 3 N–H and O–H groups in total. The minimum Gasteiger partial charge on any atom is -0.492 e. The molecule has 1 aliphatic heterocycles. The molecule has 1 aliphatic rings. The van der Waals surface area contributed by atoms with Crippen LogP contribution in [0.5, 0.6) is 5.75 Å². The first-order valence-electron chi connectivity index (χ1n) is 3.95. The highest BCUT2D eigenvalue weighted by Crippen LogP contribution is 2.36. The van der Waals surface area contributed by atoms with Crippen molar-refractivity contribution in [3.05, 3.63) is 15.8 Å². The molecule has 2 rings (SSSR count). The fourth-order valence-electron chi connectivity index (χ4n) is 1.26. The van der Waals surface area contributed by atoms with Gasteiger partial charge in [0.05, 0.1) is 11.5 Å². The summed E-state index contributed by atoms with van der Waals surface area (Å²) in [5.41, 5.74) is 5.34. The van der Waals surface area contributed by atoms with Crippen molar-refractivity contribution in [3.8, 4) is 5.75 Å². The SMILES string of the molecule is NCC(O)c1cc2c(s1)CCO2. The molecule has 3 nitrogen and oxygen atoms in total. The second kappa shape index (κ2) is 3.05. The maximum atomic E-state index is 9.42. The van der Waals surface area contributed by atoms with Crippen LogP contribution in [0.1, 0.15) is 15.9 Å². The number of aliphatic hydroxyl groups is 1. The summed E-state index contributed by atoms with van der Waals surface area (Å²) < 4.78 is 5.33. The first kappa shape index (κ1) is 8.04. The van der Waals surface area contributed by atoms with Gasteiger partial charge in [-0.2, -0.15) is 0 Å². The zero-order chi connectivity index (χ0) is 8.55. The third kappa shape index (κ3) is 1.22. The molecule has 2 heterocycles. The van der Waals surface area contributed by atoms with Gasteiger partial charge in [-0.25, -0.2) is 0 Å². The van der Waals surface area contributed by atoms with Gasteiger partial charge < -0.3 is 15.6 Å². The maximum Gasteiger partial charge on any atom is 0.133 e. The van der Waals surface area contributed by atoms with Crippen LogP contribution < -0.4 is 10.5 Å². The topological polar surface area (TPSA) is 55.5 Å². The molecule has 1 aromatic heterocycles. The van der Waals surface area contributed by atoms with E-state index in [-0.39, 0.29) is 6.54 Å². The molecule has 4 heteroatoms. The van der Waals surface area contributed by atoms with Gasteiger partial charge in [0, 0.05) is 17.8 Å². The molecule has 0 aromatic carbocycles. The van der Waals surface area contributed by atoms with Crippen molar-refractivity contribution in [3.63, 3.8) is 0 Å². The van der Waals surface area contributed by atoms with Gasteiger partial charge in [0.1, 0.15) is 11.9 Å². The van der Waals surface area contributed by atoms with E-state index in [1.54, 1.807) is 11.3 Å². The maximum absolute atomic E-state index is 9.42. The summed E-state index contributed by atoms with van der Waals surface area (Å²) in [5, 5.41) is 9.42. The molecule has 66 valence electrons. The normalized spacial score (nSPS) is 17.2. The van der Waals surface area contributed by atoms with Crippen LogP contribution in [0, 0.1) is 0 Å². The van der Waals surface area contributed by atoms with E-state index >= 15 is 0 Å². The lowest BCUT2D eigenvalue weighted by Crippen LogP contribution is -2.09. The highest BCUT2D eigenvalue weighted by molar-refractivity contribution is 7.12. The summed E-state index contributed by atoms with van der Waals surface area (Å²) in [6.07, 6.45) is 0.446. The van der Waals surface area contributed by atoms with E-state index in [9.17, 15) is 5.11 Å². The smallest absolute Gasteiger partial charge is 0.133 e. The Balaban J connectivity index is 2.25. The lowest BCUT2D eigenvalue weighted by Gasteiger charge is -2.02. The van der Waals surface area contributed by atoms with Crippen LogP contribution >= 0.6 is 11.3 Å². The average Bonchev–Trinajstić information content (AvgIpc) is 2.60. The third-order valence-corrected chi connectivity index (χ3v) is 3.20. The fraction of sp³-hybridized carbons (Fsp3) is 0.500. The number of ether oxygens (including phenoxy) is 1. The Hall–Kier alpha value is -0.580. The average molecular weight is 185 g/mol. The molecule has 0 radical (unpaired) electrons. The summed E-state index contributed by atoms with van der Waals surface area (Å²) in [6.45, 7) is 1.06. The van der Waals surface area contributed by atoms with Crippen LogP contribution in [0.4, 0.5) is 0 Å². The van der Waals surface area contributed by atoms with Crippen molar-refractivity contribution < 1.29 is 9.84 Å². The lowest BCUT2D eigenvalue weighted by atomic mass is 10.3. The van der Waals surface area contributed by atoms with Gasteiger partial charge in [0.2, 0.25) is 0 Å². The molecule has 1 aromatic rings. The summed E-state index contributed by atoms with van der Waals surface area (Å²) in [5.74, 6) is 0.933. The highest BCUT2D eigenvalue weighted by Gasteiger charge is 2.18. The van der Waals surface area contributed by atoms with Crippen LogP contribution in [-0.2, 0) is 6.42 Å². The van der Waals surface area contributed by atoms with Crippen LogP contribution in [-0.4, -0.2) is 18.3 Å². The standard InChI is InChI=1S/C8H11NO2S/c9-4-5(10)8-3-6-7(12-8)1-2-11-6/h3,5,10H,1-2,4,9H2. The van der Waals surface area contributed by atoms with Crippen molar-refractivity contribution in [1.29, 1.82) is 0 Å². The highest BCUT2D eigenvalue weighted by atomic mass is 32.1. The fourth-order valence-corrected chi connectivity index (χ4v) is 2.35. The van der Waals surface area contributed by atoms with Crippen molar-refractivity contribution in [2.75, 3.05) is 13.2 Å². The van der Waals surface area contributed by atoms with Crippen molar-refractivity contribution in [1.82, 2.24) is 0 Å². The van der Waals surface area contributed by atoms with E-state index in [0.29, 0.717) is 0 Å². The van der Waals surface area contributed by atoms with Crippen LogP contribution in [0.3, 0.4) is 0 Å². The van der Waals surface area contributed by atoms with E-state index in [2.05, 4.69) is 0 Å². The second-order valence-electron chi connectivity index (χ2n) is 2.79. The van der Waals surface area contributed by atoms with Crippen molar-refractivity contribution in [2.24, 2.45) is 5.73 Å². The largest absolute Gasteiger partial charge is 0.492 e. The molecule has 0 saturated carbocycles. The lowest BCUT2D eigenvalue weighted by molar-refractivity contribution is 0.190. The summed E-state index contributed by atoms with van der Waals surface area (Å²) in [6, 6.07) is 1.89. The molecule has 0 bridgehead atoms. The zero-order valence-electron chi connectivity index (χ0n) is 6.62. The molecular weight excluding hydrogens is 174 g/mol. The monoisotopic (exact) mass is 185 g/mol. The Kier molecular flexibility index (Phi) is 2.04. The number of aliphatic hydroxyl groups excluding tert-OH is 1. The van der Waals surface area contributed by atoms with E-state index in [1.165, 1.54) is 4.88 Å². The Bertz CT molecular complexity index is 263. The predicted molar refractivity (Wildman–Crippen MR) is 47.5 cm³/mol. The van der Waals surface area contributed by atoms with E-state index in [1.807, 2.05) is 6.07 Å². The Morgan fingerprint density at radius 3 is 3.25 bits per heavy atom. The van der Waals surface area contributed by atoms with Crippen molar-refractivity contribution >= 4 is 11.3 Å². The minimum absolute atomic E-state index is 0.277. The first-order chi connectivity index (χ1) is 5.81. The molecule has 0 saturated heterocycles. The number of nitrogens with two attached hydrogens (primary N) is 1. The van der Waals surface area contributed by atoms with Crippen LogP contribution in [0.2, 0.25) is 0 Å². The summed E-state index contributed by atoms with van der Waals surface area (Å²) in [7, 11) is 0. The second-order valence-corrected chi connectivity index (χ2v) is 3.95. The van der Waals surface area contributed by atoms with Gasteiger partial charge in [-0.15, -0.1) is 11.3 Å². The minimum atomic E-state index is -0.524. The van der Waals surface area contributed by atoms with Gasteiger partial charge in [0.15, 0.2) is 0 Å². The summed E-state index contributed by atoms with van der Waals surface area (Å²) in [4.78, 5) is 2.15. The Morgan fingerprint density at radius 1 is 1.75 bits per heavy atom. The molecule has 12 heavy (non-hydrogen) atoms. The molecular formula is C8H11NO2S. The number of fused-ring (bicyclic) bond motifs is 1. The van der Waals surface area contributed by atoms with Crippen LogP contribution in [0.15, 0.2) is 6.07 Å².